The number of carboxylic acid groups (broad SMARTS) is 1. The molecule has 0 spiro atoms. The number of hydrogen-bond acceptors (Lipinski definition) is 6. The standard InChI is InChI=1S/C10H6ClFN4O4S/c11-8-6(9(17)18)3-5(4-7(8)12)21(19,20)16-10-13-1-2-14-15-10/h1-4H,(H,17,18)(H,13,15,16). The van der Waals surface area contributed by atoms with Crippen molar-refractivity contribution in [3.05, 3.63) is 40.9 Å². The second kappa shape index (κ2) is 5.58. The Labute approximate surface area is 122 Å². The molecular weight excluding hydrogens is 327 g/mol. The zero-order chi connectivity index (χ0) is 15.6. The maximum atomic E-state index is 13.5. The first-order valence-corrected chi connectivity index (χ1v) is 7.06. The lowest BCUT2D eigenvalue weighted by Crippen LogP contribution is -2.16. The maximum Gasteiger partial charge on any atom is 0.337 e. The molecule has 0 unspecified atom stereocenters. The molecule has 0 bridgehead atoms. The summed E-state index contributed by atoms with van der Waals surface area (Å²) in [6, 6.07) is 1.32. The first-order chi connectivity index (χ1) is 9.81. The van der Waals surface area contributed by atoms with Crippen LogP contribution in [0.5, 0.6) is 0 Å². The number of anilines is 1. The second-order valence-corrected chi connectivity index (χ2v) is 5.70. The van der Waals surface area contributed by atoms with Gasteiger partial charge in [0.1, 0.15) is 5.82 Å². The minimum absolute atomic E-state index is 0.343. The Hall–Kier alpha value is -2.33. The Balaban J connectivity index is 2.48. The fraction of sp³-hybridized carbons (Fsp3) is 0. The van der Waals surface area contributed by atoms with Gasteiger partial charge >= 0.3 is 5.97 Å². The normalized spacial score (nSPS) is 11.1. The van der Waals surface area contributed by atoms with Gasteiger partial charge in [0.15, 0.2) is 0 Å². The number of sulfonamides is 1. The summed E-state index contributed by atoms with van der Waals surface area (Å²) < 4.78 is 39.5. The van der Waals surface area contributed by atoms with Gasteiger partial charge in [0.05, 0.1) is 27.9 Å². The number of aromatic carboxylic acids is 1. The van der Waals surface area contributed by atoms with Crippen molar-refractivity contribution in [2.75, 3.05) is 4.72 Å². The predicted molar refractivity (Wildman–Crippen MR) is 69.0 cm³/mol. The quantitative estimate of drug-likeness (QED) is 0.861. The smallest absolute Gasteiger partial charge is 0.337 e. The molecule has 0 fully saturated rings. The van der Waals surface area contributed by atoms with Crippen molar-refractivity contribution < 1.29 is 22.7 Å². The van der Waals surface area contributed by atoms with Gasteiger partial charge in [0, 0.05) is 0 Å². The number of nitrogens with zero attached hydrogens (tertiary/aromatic N) is 3. The van der Waals surface area contributed by atoms with Crippen LogP contribution < -0.4 is 4.72 Å². The summed E-state index contributed by atoms with van der Waals surface area (Å²) in [5.41, 5.74) is -0.677. The van der Waals surface area contributed by atoms with Crippen molar-refractivity contribution in [2.24, 2.45) is 0 Å². The van der Waals surface area contributed by atoms with Crippen molar-refractivity contribution in [2.45, 2.75) is 4.90 Å². The van der Waals surface area contributed by atoms with Crippen molar-refractivity contribution in [1.29, 1.82) is 0 Å². The molecule has 0 saturated carbocycles. The molecule has 21 heavy (non-hydrogen) atoms. The van der Waals surface area contributed by atoms with Crippen LogP contribution in [0.1, 0.15) is 10.4 Å². The van der Waals surface area contributed by atoms with Crippen molar-refractivity contribution >= 4 is 33.5 Å². The molecule has 0 atom stereocenters. The minimum Gasteiger partial charge on any atom is -0.478 e. The molecule has 1 heterocycles. The lowest BCUT2D eigenvalue weighted by atomic mass is 10.2. The molecule has 11 heteroatoms. The van der Waals surface area contributed by atoms with Crippen molar-refractivity contribution in [1.82, 2.24) is 15.2 Å². The van der Waals surface area contributed by atoms with Crippen LogP contribution >= 0.6 is 11.6 Å². The number of benzene rings is 1. The molecule has 0 radical (unpaired) electrons. The molecule has 8 nitrogen and oxygen atoms in total. The first-order valence-electron chi connectivity index (χ1n) is 5.20. The molecule has 1 aromatic carbocycles. The van der Waals surface area contributed by atoms with E-state index in [0.717, 1.165) is 6.07 Å². The summed E-state index contributed by atoms with van der Waals surface area (Å²) >= 11 is 5.46. The van der Waals surface area contributed by atoms with Crippen molar-refractivity contribution in [3.8, 4) is 0 Å². The third-order valence-electron chi connectivity index (χ3n) is 2.25. The number of halogens is 2. The number of rotatable bonds is 4. The molecule has 0 saturated heterocycles. The molecule has 2 N–H and O–H groups in total. The summed E-state index contributed by atoms with van der Waals surface area (Å²) in [5, 5.41) is 15.0. The molecule has 2 rings (SSSR count). The van der Waals surface area contributed by atoms with E-state index in [1.807, 2.05) is 4.72 Å². The molecule has 0 aliphatic carbocycles. The van der Waals surface area contributed by atoms with E-state index in [1.165, 1.54) is 12.4 Å². The van der Waals surface area contributed by atoms with E-state index < -0.39 is 37.3 Å². The molecular formula is C10H6ClFN4O4S. The van der Waals surface area contributed by atoms with Crippen LogP contribution in [0.25, 0.3) is 0 Å². The summed E-state index contributed by atoms with van der Waals surface area (Å²) in [4.78, 5) is 13.9. The number of hydrogen-bond donors (Lipinski definition) is 2. The summed E-state index contributed by atoms with van der Waals surface area (Å²) in [5.74, 6) is -3.08. The van der Waals surface area contributed by atoms with E-state index in [9.17, 15) is 17.6 Å². The topological polar surface area (TPSA) is 122 Å². The van der Waals surface area contributed by atoms with Crippen LogP contribution in [0.15, 0.2) is 29.4 Å². The minimum atomic E-state index is -4.29. The van der Waals surface area contributed by atoms with Crippen LogP contribution in [0.2, 0.25) is 5.02 Å². The zero-order valence-corrected chi connectivity index (χ0v) is 11.6. The van der Waals surface area contributed by atoms with E-state index in [0.29, 0.717) is 6.07 Å². The van der Waals surface area contributed by atoms with E-state index in [2.05, 4.69) is 15.2 Å². The number of aromatic nitrogens is 3. The Morgan fingerprint density at radius 2 is 2.05 bits per heavy atom. The van der Waals surface area contributed by atoms with Gasteiger partial charge < -0.3 is 5.11 Å². The highest BCUT2D eigenvalue weighted by molar-refractivity contribution is 7.92. The van der Waals surface area contributed by atoms with Gasteiger partial charge in [-0.1, -0.05) is 11.6 Å². The van der Waals surface area contributed by atoms with Gasteiger partial charge in [-0.15, -0.1) is 5.10 Å². The third-order valence-corrected chi connectivity index (χ3v) is 3.94. The lowest BCUT2D eigenvalue weighted by Gasteiger charge is -2.08. The first kappa shape index (κ1) is 15.1. The van der Waals surface area contributed by atoms with Crippen LogP contribution in [-0.4, -0.2) is 34.7 Å². The largest absolute Gasteiger partial charge is 0.478 e. The fourth-order valence-electron chi connectivity index (χ4n) is 1.35. The third kappa shape index (κ3) is 3.23. The molecule has 0 aliphatic rings. The van der Waals surface area contributed by atoms with Gasteiger partial charge in [-0.3, -0.25) is 0 Å². The van der Waals surface area contributed by atoms with Gasteiger partial charge in [0.25, 0.3) is 16.0 Å². The number of nitrogens with one attached hydrogen (secondary N) is 1. The van der Waals surface area contributed by atoms with Crippen molar-refractivity contribution in [3.63, 3.8) is 0 Å². The molecule has 0 amide bonds. The summed E-state index contributed by atoms with van der Waals surface area (Å²) in [7, 11) is -4.29. The average Bonchev–Trinajstić information content (AvgIpc) is 2.41. The maximum absolute atomic E-state index is 13.5. The van der Waals surface area contributed by atoms with Gasteiger partial charge in [-0.2, -0.15) is 5.10 Å². The predicted octanol–water partition coefficient (Wildman–Crippen LogP) is 1.16. The highest BCUT2D eigenvalue weighted by Crippen LogP contribution is 2.25. The highest BCUT2D eigenvalue weighted by Gasteiger charge is 2.22. The van der Waals surface area contributed by atoms with E-state index >= 15 is 0 Å². The van der Waals surface area contributed by atoms with E-state index in [-0.39, 0.29) is 5.95 Å². The molecule has 1 aromatic heterocycles. The lowest BCUT2D eigenvalue weighted by molar-refractivity contribution is 0.0696. The van der Waals surface area contributed by atoms with E-state index in [1.54, 1.807) is 0 Å². The highest BCUT2D eigenvalue weighted by atomic mass is 35.5. The number of carbonyl (C=O) groups is 1. The summed E-state index contributed by atoms with van der Waals surface area (Å²) in [6.07, 6.45) is 2.41. The van der Waals surface area contributed by atoms with Crippen LogP contribution in [0.3, 0.4) is 0 Å². The van der Waals surface area contributed by atoms with Gasteiger partial charge in [-0.05, 0) is 12.1 Å². The summed E-state index contributed by atoms with van der Waals surface area (Å²) in [6.45, 7) is 0. The van der Waals surface area contributed by atoms with Gasteiger partial charge in [0.2, 0.25) is 0 Å². The second-order valence-electron chi connectivity index (χ2n) is 3.64. The van der Waals surface area contributed by atoms with Crippen LogP contribution in [0.4, 0.5) is 10.3 Å². The SMILES string of the molecule is O=C(O)c1cc(S(=O)(=O)Nc2nccnn2)cc(F)c1Cl. The Morgan fingerprint density at radius 1 is 1.33 bits per heavy atom. The Morgan fingerprint density at radius 3 is 2.62 bits per heavy atom. The zero-order valence-electron chi connectivity index (χ0n) is 9.99. The monoisotopic (exact) mass is 332 g/mol. The molecule has 0 aliphatic heterocycles. The van der Waals surface area contributed by atoms with Crippen LogP contribution in [0, 0.1) is 5.82 Å². The Kier molecular flexibility index (Phi) is 4.00. The number of carboxylic acids is 1. The van der Waals surface area contributed by atoms with E-state index in [4.69, 9.17) is 16.7 Å². The fourth-order valence-corrected chi connectivity index (χ4v) is 2.52. The molecule has 110 valence electrons. The van der Waals surface area contributed by atoms with Gasteiger partial charge in [-0.25, -0.2) is 27.3 Å². The van der Waals surface area contributed by atoms with Crippen LogP contribution in [-0.2, 0) is 10.0 Å². The Bertz CT molecular complexity index is 800. The molecule has 2 aromatic rings. The average molecular weight is 333 g/mol.